The molecule has 0 radical (unpaired) electrons. The van der Waals surface area contributed by atoms with Gasteiger partial charge in [-0.2, -0.15) is 0 Å². The molecule has 2 aromatic carbocycles. The summed E-state index contributed by atoms with van der Waals surface area (Å²) in [5, 5.41) is 3.52. The molecular weight excluding hydrogens is 436 g/mol. The topological polar surface area (TPSA) is 75.7 Å². The van der Waals surface area contributed by atoms with Crippen LogP contribution in [0.15, 0.2) is 48.5 Å². The summed E-state index contributed by atoms with van der Waals surface area (Å²) in [6.45, 7) is 1.33. The van der Waals surface area contributed by atoms with Gasteiger partial charge in [-0.05, 0) is 61.1 Å². The summed E-state index contributed by atoms with van der Waals surface area (Å²) in [6.07, 6.45) is 2.77. The molecule has 0 unspecified atom stereocenters. The van der Waals surface area contributed by atoms with Crippen LogP contribution in [0.2, 0.25) is 5.02 Å². The summed E-state index contributed by atoms with van der Waals surface area (Å²) in [5.74, 6) is 0.625. The molecule has 3 rings (SSSR count). The number of hydrogen-bond donors (Lipinski definition) is 1. The van der Waals surface area contributed by atoms with Gasteiger partial charge >= 0.3 is 0 Å². The van der Waals surface area contributed by atoms with Gasteiger partial charge in [0, 0.05) is 30.6 Å². The summed E-state index contributed by atoms with van der Waals surface area (Å²) in [4.78, 5) is 12.5. The molecule has 1 fully saturated rings. The molecule has 1 N–H and O–H groups in total. The van der Waals surface area contributed by atoms with Crippen LogP contribution >= 0.6 is 11.6 Å². The van der Waals surface area contributed by atoms with E-state index >= 15 is 0 Å². The van der Waals surface area contributed by atoms with Crippen molar-refractivity contribution in [3.63, 3.8) is 0 Å². The molecule has 1 aliphatic rings. The monoisotopic (exact) mass is 464 g/mol. The molecule has 0 atom stereocenters. The Morgan fingerprint density at radius 3 is 2.55 bits per heavy atom. The van der Waals surface area contributed by atoms with Gasteiger partial charge in [-0.3, -0.25) is 4.79 Å². The van der Waals surface area contributed by atoms with Gasteiger partial charge in [-0.15, -0.1) is 0 Å². The number of carbonyl (C=O) groups is 1. The number of amides is 1. The van der Waals surface area contributed by atoms with Crippen LogP contribution in [0.5, 0.6) is 5.75 Å². The van der Waals surface area contributed by atoms with Crippen LogP contribution in [-0.4, -0.2) is 45.4 Å². The van der Waals surface area contributed by atoms with Gasteiger partial charge < -0.3 is 10.1 Å². The minimum absolute atomic E-state index is 0.0116. The molecule has 6 nitrogen and oxygen atoms in total. The van der Waals surface area contributed by atoms with Crippen LogP contribution in [-0.2, 0) is 27.0 Å². The standard InChI is InChI=1S/C23H29ClN2O4S/c1-30-22-9-3-5-18(16-22)7-4-12-25-23(27)20-10-13-26(14-11-20)31(28,29)17-19-6-2-8-21(24)15-19/h2-3,5-6,8-9,15-16,20H,4,7,10-14,17H2,1H3,(H,25,27). The zero-order chi connectivity index (χ0) is 22.3. The minimum Gasteiger partial charge on any atom is -0.497 e. The Morgan fingerprint density at radius 1 is 1.13 bits per heavy atom. The zero-order valence-electron chi connectivity index (χ0n) is 17.7. The zero-order valence-corrected chi connectivity index (χ0v) is 19.3. The Hall–Kier alpha value is -2.09. The summed E-state index contributed by atoms with van der Waals surface area (Å²) in [7, 11) is -1.78. The molecule has 0 aliphatic carbocycles. The van der Waals surface area contributed by atoms with Crippen molar-refractivity contribution in [2.24, 2.45) is 5.92 Å². The molecule has 1 aliphatic heterocycles. The third-order valence-corrected chi connectivity index (χ3v) is 7.62. The van der Waals surface area contributed by atoms with E-state index in [2.05, 4.69) is 5.32 Å². The Kier molecular flexibility index (Phi) is 8.35. The van der Waals surface area contributed by atoms with Crippen molar-refractivity contribution in [2.45, 2.75) is 31.4 Å². The number of ether oxygens (including phenoxy) is 1. The minimum atomic E-state index is -3.43. The molecule has 31 heavy (non-hydrogen) atoms. The fraction of sp³-hybridized carbons (Fsp3) is 0.435. The molecule has 168 valence electrons. The number of rotatable bonds is 9. The number of nitrogens with zero attached hydrogens (tertiary/aromatic N) is 1. The highest BCUT2D eigenvalue weighted by molar-refractivity contribution is 7.88. The Bertz CT molecular complexity index is 989. The first-order chi connectivity index (χ1) is 14.9. The number of nitrogens with one attached hydrogen (secondary N) is 1. The average Bonchev–Trinajstić information content (AvgIpc) is 2.76. The van der Waals surface area contributed by atoms with E-state index in [1.165, 1.54) is 9.87 Å². The van der Waals surface area contributed by atoms with E-state index in [4.69, 9.17) is 16.3 Å². The first-order valence-corrected chi connectivity index (χ1v) is 12.5. The number of methoxy groups -OCH3 is 1. The lowest BCUT2D eigenvalue weighted by Crippen LogP contribution is -2.43. The lowest BCUT2D eigenvalue weighted by Gasteiger charge is -2.30. The van der Waals surface area contributed by atoms with Crippen LogP contribution in [0.3, 0.4) is 0 Å². The fourth-order valence-electron chi connectivity index (χ4n) is 3.80. The highest BCUT2D eigenvalue weighted by Gasteiger charge is 2.31. The second kappa shape index (κ2) is 11.0. The molecule has 8 heteroatoms. The largest absolute Gasteiger partial charge is 0.497 e. The normalized spacial score (nSPS) is 15.5. The summed E-state index contributed by atoms with van der Waals surface area (Å²) in [5.41, 5.74) is 1.84. The number of benzene rings is 2. The van der Waals surface area contributed by atoms with E-state index in [1.807, 2.05) is 24.3 Å². The SMILES string of the molecule is COc1cccc(CCCNC(=O)C2CCN(S(=O)(=O)Cc3cccc(Cl)c3)CC2)c1. The number of sulfonamides is 1. The molecule has 2 aromatic rings. The van der Waals surface area contributed by atoms with Gasteiger partial charge in [0.2, 0.25) is 15.9 Å². The highest BCUT2D eigenvalue weighted by atomic mass is 35.5. The van der Waals surface area contributed by atoms with E-state index in [1.54, 1.807) is 31.4 Å². The van der Waals surface area contributed by atoms with Crippen LogP contribution in [0.25, 0.3) is 0 Å². The Morgan fingerprint density at radius 2 is 1.84 bits per heavy atom. The number of piperidine rings is 1. The van der Waals surface area contributed by atoms with Crippen LogP contribution < -0.4 is 10.1 Å². The van der Waals surface area contributed by atoms with Gasteiger partial charge in [-0.1, -0.05) is 35.9 Å². The highest BCUT2D eigenvalue weighted by Crippen LogP contribution is 2.23. The number of hydrogen-bond acceptors (Lipinski definition) is 4. The van der Waals surface area contributed by atoms with E-state index < -0.39 is 10.0 Å². The molecule has 1 amide bonds. The third-order valence-electron chi connectivity index (χ3n) is 5.53. The predicted molar refractivity (Wildman–Crippen MR) is 123 cm³/mol. The summed E-state index contributed by atoms with van der Waals surface area (Å²) >= 11 is 5.96. The first kappa shape index (κ1) is 23.6. The van der Waals surface area contributed by atoms with Crippen molar-refractivity contribution in [1.29, 1.82) is 0 Å². The summed E-state index contributed by atoms with van der Waals surface area (Å²) < 4.78 is 32.1. The second-order valence-electron chi connectivity index (χ2n) is 7.81. The van der Waals surface area contributed by atoms with Crippen molar-refractivity contribution >= 4 is 27.5 Å². The maximum atomic E-state index is 12.7. The average molecular weight is 465 g/mol. The lowest BCUT2D eigenvalue weighted by atomic mass is 9.97. The quantitative estimate of drug-likeness (QED) is 0.575. The molecule has 0 aromatic heterocycles. The molecule has 1 saturated heterocycles. The van der Waals surface area contributed by atoms with Crippen LogP contribution in [0.4, 0.5) is 0 Å². The van der Waals surface area contributed by atoms with Crippen molar-refractivity contribution in [2.75, 3.05) is 26.7 Å². The Balaban J connectivity index is 1.40. The molecule has 0 spiro atoms. The van der Waals surface area contributed by atoms with Gasteiger partial charge in [0.1, 0.15) is 5.75 Å². The van der Waals surface area contributed by atoms with Crippen molar-refractivity contribution < 1.29 is 17.9 Å². The van der Waals surface area contributed by atoms with Crippen molar-refractivity contribution in [1.82, 2.24) is 9.62 Å². The van der Waals surface area contributed by atoms with E-state index in [0.717, 1.165) is 18.6 Å². The number of halogens is 1. The lowest BCUT2D eigenvalue weighted by molar-refractivity contribution is -0.126. The molecule has 1 heterocycles. The number of carbonyl (C=O) groups excluding carboxylic acids is 1. The molecule has 0 bridgehead atoms. The first-order valence-electron chi connectivity index (χ1n) is 10.5. The predicted octanol–water partition coefficient (Wildman–Crippen LogP) is 3.64. The van der Waals surface area contributed by atoms with Gasteiger partial charge in [0.15, 0.2) is 0 Å². The van der Waals surface area contributed by atoms with E-state index in [9.17, 15) is 13.2 Å². The second-order valence-corrected chi connectivity index (χ2v) is 10.2. The third kappa shape index (κ3) is 6.95. The maximum Gasteiger partial charge on any atom is 0.223 e. The fourth-order valence-corrected chi connectivity index (χ4v) is 5.56. The number of aryl methyl sites for hydroxylation is 1. The van der Waals surface area contributed by atoms with Crippen LogP contribution in [0.1, 0.15) is 30.4 Å². The summed E-state index contributed by atoms with van der Waals surface area (Å²) in [6, 6.07) is 14.8. The molecular formula is C23H29ClN2O4S. The maximum absolute atomic E-state index is 12.7. The van der Waals surface area contributed by atoms with Crippen LogP contribution in [0, 0.1) is 5.92 Å². The van der Waals surface area contributed by atoms with Crippen molar-refractivity contribution in [3.05, 3.63) is 64.7 Å². The van der Waals surface area contributed by atoms with Crippen molar-refractivity contribution in [3.8, 4) is 5.75 Å². The van der Waals surface area contributed by atoms with E-state index in [0.29, 0.717) is 43.1 Å². The van der Waals surface area contributed by atoms with Gasteiger partial charge in [0.05, 0.1) is 12.9 Å². The van der Waals surface area contributed by atoms with Gasteiger partial charge in [-0.25, -0.2) is 12.7 Å². The van der Waals surface area contributed by atoms with E-state index in [-0.39, 0.29) is 17.6 Å². The van der Waals surface area contributed by atoms with Gasteiger partial charge in [0.25, 0.3) is 0 Å². The Labute approximate surface area is 189 Å². The smallest absolute Gasteiger partial charge is 0.223 e. The molecule has 0 saturated carbocycles.